The Labute approximate surface area is 140 Å². The van der Waals surface area contributed by atoms with Crippen LogP contribution in [0.4, 0.5) is 0 Å². The molecular weight excluding hydrogens is 298 g/mol. The first-order valence-corrected chi connectivity index (χ1v) is 8.38. The normalized spacial score (nSPS) is 27.3. The number of rotatable bonds is 4. The van der Waals surface area contributed by atoms with Gasteiger partial charge in [0.2, 0.25) is 0 Å². The van der Waals surface area contributed by atoms with Gasteiger partial charge in [-0.3, -0.25) is 4.90 Å². The number of hydrogen-bond acceptors (Lipinski definition) is 8. The molecule has 2 atom stereocenters. The maximum absolute atomic E-state index is 9.30. The summed E-state index contributed by atoms with van der Waals surface area (Å²) in [7, 11) is 1.21. The fraction of sp³-hybridized carbons (Fsp3) is 1.00. The summed E-state index contributed by atoms with van der Waals surface area (Å²) in [5, 5.41) is 39.5. The Balaban J connectivity index is 0.000000231. The molecule has 8 nitrogen and oxygen atoms in total. The highest BCUT2D eigenvalue weighted by atomic mass is 16.3. The van der Waals surface area contributed by atoms with E-state index < -0.39 is 14.1 Å². The third-order valence-corrected chi connectivity index (χ3v) is 4.58. The van der Waals surface area contributed by atoms with Gasteiger partial charge in [0.15, 0.2) is 0 Å². The molecule has 0 unspecified atom stereocenters. The van der Waals surface area contributed by atoms with E-state index in [2.05, 4.69) is 10.2 Å². The van der Waals surface area contributed by atoms with Gasteiger partial charge >= 0.3 is 14.1 Å². The molecule has 0 saturated carbocycles. The number of aliphatic hydroxyl groups is 2. The Morgan fingerprint density at radius 2 is 1.57 bits per heavy atom. The number of hydrogen-bond donors (Lipinski definition) is 5. The Morgan fingerprint density at radius 3 is 2.09 bits per heavy atom. The molecule has 2 fully saturated rings. The molecule has 2 saturated heterocycles. The molecular formula is C13H32B2N4O4. The second kappa shape index (κ2) is 10.6. The summed E-state index contributed by atoms with van der Waals surface area (Å²) in [6, 6.07) is 0.298. The Morgan fingerprint density at radius 1 is 0.957 bits per heavy atom. The van der Waals surface area contributed by atoms with Gasteiger partial charge < -0.3 is 35.2 Å². The molecule has 2 aliphatic heterocycles. The lowest BCUT2D eigenvalue weighted by molar-refractivity contribution is 0.0854. The van der Waals surface area contributed by atoms with Crippen molar-refractivity contribution >= 4 is 14.1 Å². The molecule has 0 aromatic rings. The van der Waals surface area contributed by atoms with Crippen LogP contribution < -0.4 is 5.32 Å². The smallest absolute Gasteiger partial charge is 0.376 e. The van der Waals surface area contributed by atoms with Crippen LogP contribution in [0.1, 0.15) is 0 Å². The molecule has 0 aromatic heterocycles. The predicted molar refractivity (Wildman–Crippen MR) is 93.2 cm³/mol. The highest BCUT2D eigenvalue weighted by Gasteiger charge is 2.27. The van der Waals surface area contributed by atoms with Gasteiger partial charge in [0.05, 0.1) is 13.2 Å². The quantitative estimate of drug-likeness (QED) is 0.349. The lowest BCUT2D eigenvalue weighted by Crippen LogP contribution is -2.56. The van der Waals surface area contributed by atoms with Gasteiger partial charge in [-0.15, -0.1) is 0 Å². The van der Waals surface area contributed by atoms with Crippen molar-refractivity contribution < 1.29 is 20.3 Å². The maximum Gasteiger partial charge on any atom is 0.376 e. The molecule has 0 radical (unpaired) electrons. The zero-order valence-electron chi connectivity index (χ0n) is 14.6. The molecule has 2 rings (SSSR count). The summed E-state index contributed by atoms with van der Waals surface area (Å²) >= 11 is 0. The van der Waals surface area contributed by atoms with Crippen LogP contribution in [-0.2, 0) is 0 Å². The van der Waals surface area contributed by atoms with Gasteiger partial charge in [0.1, 0.15) is 0 Å². The van der Waals surface area contributed by atoms with Crippen LogP contribution in [-0.4, -0.2) is 120 Å². The molecule has 5 N–H and O–H groups in total. The lowest BCUT2D eigenvalue weighted by Gasteiger charge is -2.39. The van der Waals surface area contributed by atoms with Gasteiger partial charge in [-0.2, -0.15) is 0 Å². The molecule has 2 aliphatic rings. The number of nitrogens with zero attached hydrogens (tertiary/aromatic N) is 3. The molecule has 0 bridgehead atoms. The van der Waals surface area contributed by atoms with Crippen molar-refractivity contribution in [3.8, 4) is 0 Å². The largest absolute Gasteiger partial charge is 0.437 e. The SMILES string of the molecule is CB(O)N1CCN(C)[C@@H](CO)C1.CB(O)N1CCN[C@@H](CO)C1. The van der Waals surface area contributed by atoms with E-state index in [0.717, 1.165) is 39.3 Å². The predicted octanol–water partition coefficient (Wildman–Crippen LogP) is -2.93. The van der Waals surface area contributed by atoms with Crippen molar-refractivity contribution in [2.75, 3.05) is 59.5 Å². The molecule has 10 heteroatoms. The van der Waals surface area contributed by atoms with Crippen molar-refractivity contribution in [3.05, 3.63) is 0 Å². The number of piperazine rings is 2. The average Bonchev–Trinajstić information content (AvgIpc) is 2.55. The van der Waals surface area contributed by atoms with E-state index in [-0.39, 0.29) is 25.3 Å². The summed E-state index contributed by atoms with van der Waals surface area (Å²) in [5.74, 6) is 0. The first kappa shape index (κ1) is 20.9. The lowest BCUT2D eigenvalue weighted by atomic mass is 9.83. The van der Waals surface area contributed by atoms with E-state index in [1.54, 1.807) is 13.6 Å². The zero-order chi connectivity index (χ0) is 17.4. The van der Waals surface area contributed by atoms with Crippen molar-refractivity contribution in [1.29, 1.82) is 0 Å². The van der Waals surface area contributed by atoms with Crippen LogP contribution in [0.25, 0.3) is 0 Å². The fourth-order valence-corrected chi connectivity index (χ4v) is 2.82. The van der Waals surface area contributed by atoms with Gasteiger partial charge in [0.25, 0.3) is 0 Å². The first-order chi connectivity index (χ1) is 10.9. The monoisotopic (exact) mass is 330 g/mol. The van der Waals surface area contributed by atoms with Gasteiger partial charge in [0, 0.05) is 51.4 Å². The Kier molecular flexibility index (Phi) is 9.64. The minimum atomic E-state index is -0.397. The third kappa shape index (κ3) is 7.06. The van der Waals surface area contributed by atoms with Crippen LogP contribution in [0.3, 0.4) is 0 Å². The van der Waals surface area contributed by atoms with E-state index in [0.29, 0.717) is 0 Å². The molecule has 23 heavy (non-hydrogen) atoms. The molecule has 0 aliphatic carbocycles. The van der Waals surface area contributed by atoms with Crippen molar-refractivity contribution in [2.24, 2.45) is 0 Å². The van der Waals surface area contributed by atoms with E-state index in [1.165, 1.54) is 0 Å². The molecule has 0 amide bonds. The second-order valence-electron chi connectivity index (χ2n) is 6.40. The molecule has 0 spiro atoms. The van der Waals surface area contributed by atoms with Crippen molar-refractivity contribution in [3.63, 3.8) is 0 Å². The summed E-state index contributed by atoms with van der Waals surface area (Å²) < 4.78 is 0. The zero-order valence-corrected chi connectivity index (χ0v) is 14.6. The second-order valence-corrected chi connectivity index (χ2v) is 6.40. The molecule has 134 valence electrons. The Bertz CT molecular complexity index is 328. The van der Waals surface area contributed by atoms with E-state index in [1.807, 2.05) is 16.7 Å². The maximum atomic E-state index is 9.30. The van der Waals surface area contributed by atoms with E-state index in [4.69, 9.17) is 10.2 Å². The highest BCUT2D eigenvalue weighted by Crippen LogP contribution is 2.07. The standard InChI is InChI=1S/C7H17BN2O2.C6H15BN2O2/c1-8(12)10-4-3-9(2)7(5-10)6-11;1-7(11)9-3-2-8-6(4-9)5-10/h7,11-12H,3-6H2,1-2H3;6,8,10-11H,2-5H2,1H3/t7-;6-/m11/s1. The summed E-state index contributed by atoms with van der Waals surface area (Å²) in [6.45, 7) is 8.80. The van der Waals surface area contributed by atoms with Crippen LogP contribution in [0.15, 0.2) is 0 Å². The number of aliphatic hydroxyl groups excluding tert-OH is 2. The fourth-order valence-electron chi connectivity index (χ4n) is 2.82. The summed E-state index contributed by atoms with van der Waals surface area (Å²) in [4.78, 5) is 6.04. The minimum absolute atomic E-state index is 0.123. The highest BCUT2D eigenvalue weighted by molar-refractivity contribution is 6.45. The molecule has 0 aromatic carbocycles. The van der Waals surface area contributed by atoms with Crippen LogP contribution in [0.2, 0.25) is 13.6 Å². The van der Waals surface area contributed by atoms with Crippen molar-refractivity contribution in [1.82, 2.24) is 19.8 Å². The van der Waals surface area contributed by atoms with Crippen LogP contribution in [0.5, 0.6) is 0 Å². The number of likely N-dealkylation sites (N-methyl/N-ethyl adjacent to an activating group) is 1. The van der Waals surface area contributed by atoms with Gasteiger partial charge in [-0.25, -0.2) is 0 Å². The van der Waals surface area contributed by atoms with Crippen molar-refractivity contribution in [2.45, 2.75) is 25.7 Å². The van der Waals surface area contributed by atoms with Crippen LogP contribution >= 0.6 is 0 Å². The number of nitrogens with one attached hydrogen (secondary N) is 1. The van der Waals surface area contributed by atoms with Gasteiger partial charge in [-0.1, -0.05) is 0 Å². The topological polar surface area (TPSA) is 103 Å². The minimum Gasteiger partial charge on any atom is -0.437 e. The van der Waals surface area contributed by atoms with Crippen LogP contribution in [0, 0.1) is 0 Å². The van der Waals surface area contributed by atoms with E-state index in [9.17, 15) is 10.0 Å². The third-order valence-electron chi connectivity index (χ3n) is 4.58. The summed E-state index contributed by atoms with van der Waals surface area (Å²) in [6.07, 6.45) is 0. The Hall–Kier alpha value is -0.190. The van der Waals surface area contributed by atoms with Gasteiger partial charge in [-0.05, 0) is 20.7 Å². The summed E-state index contributed by atoms with van der Waals surface area (Å²) in [5.41, 5.74) is 0. The first-order valence-electron chi connectivity index (χ1n) is 8.38. The molecule has 2 heterocycles. The average molecular weight is 330 g/mol. The van der Waals surface area contributed by atoms with E-state index >= 15 is 0 Å².